The van der Waals surface area contributed by atoms with Gasteiger partial charge in [0.1, 0.15) is 6.04 Å². The van der Waals surface area contributed by atoms with Gasteiger partial charge in [0.2, 0.25) is 11.8 Å². The summed E-state index contributed by atoms with van der Waals surface area (Å²) in [6, 6.07) is -0.261. The molecule has 0 aliphatic carbocycles. The molecule has 0 radical (unpaired) electrons. The summed E-state index contributed by atoms with van der Waals surface area (Å²) < 4.78 is 4.93. The molecule has 2 N–H and O–H groups in total. The number of carbonyl (C=O) groups is 2. The fourth-order valence-electron chi connectivity index (χ4n) is 2.16. The Morgan fingerprint density at radius 2 is 2.20 bits per heavy atom. The molecule has 1 aliphatic heterocycles. The molecule has 1 fully saturated rings. The van der Waals surface area contributed by atoms with Gasteiger partial charge in [0.05, 0.1) is 6.54 Å². The van der Waals surface area contributed by atoms with E-state index >= 15 is 0 Å². The molecule has 1 aliphatic rings. The van der Waals surface area contributed by atoms with Crippen LogP contribution in [0.2, 0.25) is 0 Å². The number of amides is 2. The maximum Gasteiger partial charge on any atom is 0.240 e. The van der Waals surface area contributed by atoms with Gasteiger partial charge in [0.15, 0.2) is 0 Å². The summed E-state index contributed by atoms with van der Waals surface area (Å²) in [7, 11) is 5.11. The molecule has 1 unspecified atom stereocenters. The number of ether oxygens (including phenoxy) is 1. The van der Waals surface area contributed by atoms with E-state index in [9.17, 15) is 9.59 Å². The highest BCUT2D eigenvalue weighted by atomic mass is 16.5. The third kappa shape index (κ3) is 5.44. The van der Waals surface area contributed by atoms with Gasteiger partial charge in [-0.05, 0) is 6.42 Å². The van der Waals surface area contributed by atoms with E-state index in [1.54, 1.807) is 26.1 Å². The van der Waals surface area contributed by atoms with Crippen LogP contribution in [-0.4, -0.2) is 88.2 Å². The van der Waals surface area contributed by atoms with Crippen LogP contribution in [0.25, 0.3) is 0 Å². The Kier molecular flexibility index (Phi) is 7.50. The van der Waals surface area contributed by atoms with Crippen molar-refractivity contribution in [2.45, 2.75) is 12.5 Å². The molecule has 0 bridgehead atoms. The van der Waals surface area contributed by atoms with Crippen LogP contribution < -0.4 is 10.6 Å². The molecule has 1 rings (SSSR count). The van der Waals surface area contributed by atoms with Crippen LogP contribution in [0.15, 0.2) is 0 Å². The Morgan fingerprint density at radius 3 is 2.85 bits per heavy atom. The lowest BCUT2D eigenvalue weighted by molar-refractivity contribution is -0.136. The molecular weight excluding hydrogens is 260 g/mol. The molecule has 7 nitrogen and oxygen atoms in total. The largest absolute Gasteiger partial charge is 0.385 e. The van der Waals surface area contributed by atoms with Crippen molar-refractivity contribution in [3.63, 3.8) is 0 Å². The van der Waals surface area contributed by atoms with Crippen molar-refractivity contribution in [3.8, 4) is 0 Å². The first-order valence-electron chi connectivity index (χ1n) is 6.97. The molecule has 1 heterocycles. The number of likely N-dealkylation sites (N-methyl/N-ethyl adjacent to an activating group) is 1. The molecule has 0 saturated carbocycles. The van der Waals surface area contributed by atoms with Crippen LogP contribution in [0.1, 0.15) is 6.42 Å². The molecule has 20 heavy (non-hydrogen) atoms. The summed E-state index contributed by atoms with van der Waals surface area (Å²) in [5.41, 5.74) is 0. The maximum atomic E-state index is 12.1. The van der Waals surface area contributed by atoms with Crippen molar-refractivity contribution < 1.29 is 14.3 Å². The number of hydrogen-bond donors (Lipinski definition) is 2. The van der Waals surface area contributed by atoms with Gasteiger partial charge in [0.25, 0.3) is 0 Å². The highest BCUT2D eigenvalue weighted by Gasteiger charge is 2.30. The molecule has 1 atom stereocenters. The van der Waals surface area contributed by atoms with Crippen LogP contribution >= 0.6 is 0 Å². The number of hydrogen-bond acceptors (Lipinski definition) is 5. The fraction of sp³-hybridized carbons (Fsp3) is 0.846. The van der Waals surface area contributed by atoms with Crippen LogP contribution in [0.3, 0.4) is 0 Å². The number of rotatable bonds is 7. The average molecular weight is 286 g/mol. The van der Waals surface area contributed by atoms with E-state index in [0.29, 0.717) is 26.2 Å². The number of carbonyl (C=O) groups excluding carboxylic acids is 2. The topological polar surface area (TPSA) is 73.9 Å². The molecule has 2 amide bonds. The Balaban J connectivity index is 2.42. The number of nitrogens with one attached hydrogen (secondary N) is 2. The van der Waals surface area contributed by atoms with Gasteiger partial charge in [-0.15, -0.1) is 0 Å². The summed E-state index contributed by atoms with van der Waals surface area (Å²) in [5, 5.41) is 6.04. The van der Waals surface area contributed by atoms with Crippen molar-refractivity contribution in [1.82, 2.24) is 20.4 Å². The predicted molar refractivity (Wildman–Crippen MR) is 76.4 cm³/mol. The predicted octanol–water partition coefficient (Wildman–Crippen LogP) is -1.50. The summed E-state index contributed by atoms with van der Waals surface area (Å²) in [6.45, 7) is 3.59. The zero-order chi connectivity index (χ0) is 15.0. The van der Waals surface area contributed by atoms with E-state index in [2.05, 4.69) is 10.6 Å². The van der Waals surface area contributed by atoms with E-state index in [0.717, 1.165) is 13.0 Å². The van der Waals surface area contributed by atoms with Gasteiger partial charge < -0.3 is 20.3 Å². The van der Waals surface area contributed by atoms with E-state index in [1.807, 2.05) is 4.90 Å². The Bertz CT molecular complexity index is 323. The second kappa shape index (κ2) is 8.89. The molecular formula is C13H26N4O3. The maximum absolute atomic E-state index is 12.1. The lowest BCUT2D eigenvalue weighted by Crippen LogP contribution is -2.59. The summed E-state index contributed by atoms with van der Waals surface area (Å²) >= 11 is 0. The Hall–Kier alpha value is -1.18. The third-order valence-corrected chi connectivity index (χ3v) is 3.27. The van der Waals surface area contributed by atoms with Crippen molar-refractivity contribution in [3.05, 3.63) is 0 Å². The minimum absolute atomic E-state index is 0.0318. The lowest BCUT2D eigenvalue weighted by Gasteiger charge is -2.35. The minimum Gasteiger partial charge on any atom is -0.385 e. The van der Waals surface area contributed by atoms with E-state index < -0.39 is 0 Å². The monoisotopic (exact) mass is 286 g/mol. The van der Waals surface area contributed by atoms with Gasteiger partial charge in [-0.25, -0.2) is 0 Å². The molecule has 0 aromatic heterocycles. The van der Waals surface area contributed by atoms with Gasteiger partial charge >= 0.3 is 0 Å². The number of methoxy groups -OCH3 is 1. The zero-order valence-electron chi connectivity index (χ0n) is 12.6. The van der Waals surface area contributed by atoms with Gasteiger partial charge in [-0.2, -0.15) is 0 Å². The first-order valence-corrected chi connectivity index (χ1v) is 6.97. The van der Waals surface area contributed by atoms with E-state index in [1.165, 1.54) is 0 Å². The van der Waals surface area contributed by atoms with Crippen LogP contribution in [0.5, 0.6) is 0 Å². The van der Waals surface area contributed by atoms with E-state index in [-0.39, 0.29) is 24.4 Å². The minimum atomic E-state index is -0.261. The molecule has 0 aromatic carbocycles. The van der Waals surface area contributed by atoms with Crippen molar-refractivity contribution in [2.24, 2.45) is 0 Å². The smallest absolute Gasteiger partial charge is 0.240 e. The molecule has 1 saturated heterocycles. The number of nitrogens with zero attached hydrogens (tertiary/aromatic N) is 2. The first-order chi connectivity index (χ1) is 9.56. The first kappa shape index (κ1) is 16.9. The fourth-order valence-corrected chi connectivity index (χ4v) is 2.16. The lowest BCUT2D eigenvalue weighted by atomic mass is 10.1. The molecule has 0 spiro atoms. The average Bonchev–Trinajstić information content (AvgIpc) is 2.43. The van der Waals surface area contributed by atoms with Crippen LogP contribution in [0, 0.1) is 0 Å². The number of piperazine rings is 1. The second-order valence-electron chi connectivity index (χ2n) is 5.12. The Labute approximate surface area is 120 Å². The van der Waals surface area contributed by atoms with Gasteiger partial charge in [-0.1, -0.05) is 0 Å². The van der Waals surface area contributed by atoms with Crippen LogP contribution in [-0.2, 0) is 14.3 Å². The van der Waals surface area contributed by atoms with Gasteiger partial charge in [0, 0.05) is 54.0 Å². The Morgan fingerprint density at radius 1 is 1.45 bits per heavy atom. The van der Waals surface area contributed by atoms with Crippen molar-refractivity contribution in [2.75, 3.05) is 60.5 Å². The molecule has 7 heteroatoms. The molecule has 0 aromatic rings. The highest BCUT2D eigenvalue weighted by molar-refractivity contribution is 5.83. The summed E-state index contributed by atoms with van der Waals surface area (Å²) in [4.78, 5) is 27.5. The highest BCUT2D eigenvalue weighted by Crippen LogP contribution is 2.05. The third-order valence-electron chi connectivity index (χ3n) is 3.27. The van der Waals surface area contributed by atoms with Crippen molar-refractivity contribution in [1.29, 1.82) is 0 Å². The quantitative estimate of drug-likeness (QED) is 0.557. The van der Waals surface area contributed by atoms with Crippen LogP contribution in [0.4, 0.5) is 0 Å². The van der Waals surface area contributed by atoms with Gasteiger partial charge in [-0.3, -0.25) is 14.5 Å². The van der Waals surface area contributed by atoms with E-state index in [4.69, 9.17) is 4.74 Å². The summed E-state index contributed by atoms with van der Waals surface area (Å²) in [5.74, 6) is -0.0102. The normalized spacial score (nSPS) is 19.6. The molecule has 116 valence electrons. The summed E-state index contributed by atoms with van der Waals surface area (Å²) in [6.07, 6.45) is 0.795. The standard InChI is InChI=1S/C13H26N4O3/c1-16(2)13(19)11-9-14-6-7-17(11)10-12(18)15-5-4-8-20-3/h11,14H,4-10H2,1-3H3,(H,15,18). The van der Waals surface area contributed by atoms with Crippen molar-refractivity contribution >= 4 is 11.8 Å². The SMILES string of the molecule is COCCCNC(=O)CN1CCNCC1C(=O)N(C)C. The second-order valence-corrected chi connectivity index (χ2v) is 5.12. The zero-order valence-corrected chi connectivity index (χ0v) is 12.6.